The van der Waals surface area contributed by atoms with E-state index >= 15 is 0 Å². The number of aryl methyl sites for hydroxylation is 1. The summed E-state index contributed by atoms with van der Waals surface area (Å²) in [5, 5.41) is 0. The van der Waals surface area contributed by atoms with Gasteiger partial charge in [-0.05, 0) is 66.9 Å². The van der Waals surface area contributed by atoms with Gasteiger partial charge in [0.2, 0.25) is 0 Å². The summed E-state index contributed by atoms with van der Waals surface area (Å²) < 4.78 is 36.8. The minimum atomic E-state index is -4.75. The van der Waals surface area contributed by atoms with Crippen LogP contribution in [-0.4, -0.2) is 18.8 Å². The zero-order valence-corrected chi connectivity index (χ0v) is 17.3. The van der Waals surface area contributed by atoms with Gasteiger partial charge in [0.1, 0.15) is 11.5 Å². The number of rotatable bonds is 2. The summed E-state index contributed by atoms with van der Waals surface area (Å²) in [4.78, 5) is 12.3. The Morgan fingerprint density at radius 1 is 1.20 bits per heavy atom. The molecule has 0 heterocycles. The third kappa shape index (κ3) is 3.23. The van der Waals surface area contributed by atoms with E-state index in [1.54, 1.807) is 6.07 Å². The number of Topliss-reactive ketones (excluding diaryl/α,β-unsaturated/α-hetero) is 1. The Balaban J connectivity index is 0.00000182. The molecule has 0 amide bonds. The van der Waals surface area contributed by atoms with Crippen molar-refractivity contribution < 1.29 is 51.5 Å². The Labute approximate surface area is 170 Å². The van der Waals surface area contributed by atoms with Crippen LogP contribution in [0.3, 0.4) is 0 Å². The number of hydrogen-bond donors (Lipinski definition) is 0. The molecule has 5 nitrogen and oxygen atoms in total. The van der Waals surface area contributed by atoms with Crippen LogP contribution in [0.4, 0.5) is 0 Å². The molecule has 7 heteroatoms. The van der Waals surface area contributed by atoms with Gasteiger partial charge in [-0.3, -0.25) is 4.79 Å². The van der Waals surface area contributed by atoms with Crippen molar-refractivity contribution in [3.05, 3.63) is 34.9 Å². The Kier molecular flexibility index (Phi) is 4.97. The van der Waals surface area contributed by atoms with E-state index in [-0.39, 0.29) is 40.7 Å². The fourth-order valence-electron chi connectivity index (χ4n) is 4.84. The number of carbonyl (C=O) groups is 1. The van der Waals surface area contributed by atoms with E-state index in [1.807, 2.05) is 6.07 Å². The van der Waals surface area contributed by atoms with Gasteiger partial charge in [-0.1, -0.05) is 18.6 Å². The minimum Gasteiger partial charge on any atom is -0.716 e. The third-order valence-electron chi connectivity index (χ3n) is 6.03. The molecule has 3 aliphatic rings. The Bertz CT molecular complexity index is 873. The topological polar surface area (TPSA) is 83.5 Å². The van der Waals surface area contributed by atoms with Crippen LogP contribution in [0, 0.1) is 11.3 Å². The normalized spacial score (nSPS) is 27.9. The summed E-state index contributed by atoms with van der Waals surface area (Å²) >= 11 is 0. The molecule has 0 bridgehead atoms. The van der Waals surface area contributed by atoms with E-state index in [2.05, 4.69) is 11.1 Å². The summed E-state index contributed by atoms with van der Waals surface area (Å²) in [5.41, 5.74) is 4.66. The molecular weight excluding hydrogens is 351 g/mol. The largest absolute Gasteiger partial charge is 1.00 e. The summed E-state index contributed by atoms with van der Waals surface area (Å²) in [6.07, 6.45) is 5.05. The molecule has 0 N–H and O–H groups in total. The van der Waals surface area contributed by atoms with Crippen molar-refractivity contribution in [2.24, 2.45) is 11.3 Å². The van der Waals surface area contributed by atoms with Gasteiger partial charge in [0.15, 0.2) is 0 Å². The van der Waals surface area contributed by atoms with Gasteiger partial charge in [0, 0.05) is 11.8 Å². The first-order valence-electron chi connectivity index (χ1n) is 8.32. The molecule has 1 saturated carbocycles. The first-order valence-corrected chi connectivity index (χ1v) is 9.65. The number of benzene rings is 1. The van der Waals surface area contributed by atoms with Crippen LogP contribution in [0.15, 0.2) is 23.8 Å². The molecule has 1 fully saturated rings. The molecule has 2 atom stereocenters. The van der Waals surface area contributed by atoms with Gasteiger partial charge in [-0.15, -0.1) is 0 Å². The number of allylic oxidation sites excluding steroid dienone is 2. The summed E-state index contributed by atoms with van der Waals surface area (Å²) in [6, 6.07) is 5.05. The molecule has 128 valence electrons. The predicted octanol–water partition coefficient (Wildman–Crippen LogP) is 0.00860. The van der Waals surface area contributed by atoms with Crippen molar-refractivity contribution >= 4 is 21.8 Å². The Morgan fingerprint density at radius 3 is 2.68 bits per heavy atom. The van der Waals surface area contributed by atoms with Crippen LogP contribution in [0.1, 0.15) is 50.2 Å². The molecule has 2 unspecified atom stereocenters. The van der Waals surface area contributed by atoms with Crippen molar-refractivity contribution in [1.29, 1.82) is 0 Å². The molecular formula is C18H19NaO5S. The van der Waals surface area contributed by atoms with Crippen LogP contribution in [0.5, 0.6) is 5.75 Å². The molecule has 0 aliphatic heterocycles. The molecule has 0 radical (unpaired) electrons. The van der Waals surface area contributed by atoms with E-state index in [1.165, 1.54) is 17.2 Å². The first kappa shape index (κ1) is 19.1. The smallest absolute Gasteiger partial charge is 0.716 e. The van der Waals surface area contributed by atoms with E-state index in [0.717, 1.165) is 43.2 Å². The second-order valence-electron chi connectivity index (χ2n) is 7.25. The molecule has 1 aromatic carbocycles. The summed E-state index contributed by atoms with van der Waals surface area (Å²) in [7, 11) is -4.75. The fourth-order valence-corrected chi connectivity index (χ4v) is 5.18. The van der Waals surface area contributed by atoms with Crippen molar-refractivity contribution in [2.45, 2.75) is 45.4 Å². The van der Waals surface area contributed by atoms with Crippen LogP contribution in [-0.2, 0) is 21.6 Å². The van der Waals surface area contributed by atoms with Gasteiger partial charge < -0.3 is 8.74 Å². The number of ketones is 1. The van der Waals surface area contributed by atoms with Gasteiger partial charge in [0.05, 0.1) is 0 Å². The van der Waals surface area contributed by atoms with Crippen LogP contribution < -0.4 is 33.7 Å². The van der Waals surface area contributed by atoms with Crippen LogP contribution >= 0.6 is 0 Å². The van der Waals surface area contributed by atoms with Gasteiger partial charge in [-0.25, -0.2) is 8.42 Å². The second-order valence-corrected chi connectivity index (χ2v) is 8.23. The minimum absolute atomic E-state index is 0. The van der Waals surface area contributed by atoms with Gasteiger partial charge >= 0.3 is 29.6 Å². The SMILES string of the molecule is CC12CCC3=C(CCc4cc(OS(=O)(=O)[O-])ccc43)C1CCC2=O.[Na+]. The molecule has 0 saturated heterocycles. The molecule has 0 aromatic heterocycles. The summed E-state index contributed by atoms with van der Waals surface area (Å²) in [5.74, 6) is 0.818. The van der Waals surface area contributed by atoms with E-state index in [4.69, 9.17) is 0 Å². The Hall–Kier alpha value is -0.660. The predicted molar refractivity (Wildman–Crippen MR) is 87.1 cm³/mol. The average Bonchev–Trinajstić information content (AvgIpc) is 2.81. The Morgan fingerprint density at radius 2 is 1.96 bits per heavy atom. The fraction of sp³-hybridized carbons (Fsp3) is 0.500. The molecule has 1 aromatic rings. The van der Waals surface area contributed by atoms with Crippen molar-refractivity contribution in [3.63, 3.8) is 0 Å². The maximum Gasteiger partial charge on any atom is 1.00 e. The molecule has 4 rings (SSSR count). The van der Waals surface area contributed by atoms with Gasteiger partial charge in [-0.2, -0.15) is 0 Å². The standard InChI is InChI=1S/C18H20O5S.Na/c1-18-9-8-14-13-5-3-12(23-24(20,21)22)10-11(13)2-4-15(14)16(18)6-7-17(18)19;/h3,5,10,16H,2,4,6-9H2,1H3,(H,20,21,22);/q;+1/p-1. The summed E-state index contributed by atoms with van der Waals surface area (Å²) in [6.45, 7) is 2.11. The van der Waals surface area contributed by atoms with Gasteiger partial charge in [0.25, 0.3) is 10.4 Å². The average molecular weight is 370 g/mol. The van der Waals surface area contributed by atoms with E-state index in [9.17, 15) is 17.8 Å². The second kappa shape index (κ2) is 6.50. The number of hydrogen-bond acceptors (Lipinski definition) is 5. The van der Waals surface area contributed by atoms with Crippen molar-refractivity contribution in [2.75, 3.05) is 0 Å². The molecule has 25 heavy (non-hydrogen) atoms. The quantitative estimate of drug-likeness (QED) is 0.416. The number of fused-ring (bicyclic) bond motifs is 4. The van der Waals surface area contributed by atoms with E-state index < -0.39 is 10.4 Å². The monoisotopic (exact) mass is 370 g/mol. The zero-order chi connectivity index (χ0) is 17.1. The first-order chi connectivity index (χ1) is 11.3. The molecule has 3 aliphatic carbocycles. The zero-order valence-electron chi connectivity index (χ0n) is 14.5. The van der Waals surface area contributed by atoms with Crippen LogP contribution in [0.2, 0.25) is 0 Å². The third-order valence-corrected chi connectivity index (χ3v) is 6.43. The maximum atomic E-state index is 12.3. The molecule has 0 spiro atoms. The van der Waals surface area contributed by atoms with Crippen molar-refractivity contribution in [1.82, 2.24) is 0 Å². The van der Waals surface area contributed by atoms with E-state index in [0.29, 0.717) is 18.1 Å². The maximum absolute atomic E-state index is 12.3. The van der Waals surface area contributed by atoms with Crippen LogP contribution in [0.25, 0.3) is 5.57 Å². The van der Waals surface area contributed by atoms with Crippen molar-refractivity contribution in [3.8, 4) is 5.75 Å². The number of carbonyl (C=O) groups excluding carboxylic acids is 1.